The van der Waals surface area contributed by atoms with Crippen molar-refractivity contribution in [2.24, 2.45) is 5.92 Å². The van der Waals surface area contributed by atoms with Crippen LogP contribution in [0.4, 0.5) is 4.79 Å². The Morgan fingerprint density at radius 1 is 1.47 bits per heavy atom. The van der Waals surface area contributed by atoms with Gasteiger partial charge in [0.1, 0.15) is 0 Å². The number of aliphatic carboxylic acids is 1. The summed E-state index contributed by atoms with van der Waals surface area (Å²) < 4.78 is 0. The Labute approximate surface area is 117 Å². The molecule has 6 heteroatoms. The highest BCUT2D eigenvalue weighted by molar-refractivity contribution is 7.12. The average Bonchev–Trinajstić information content (AvgIpc) is 2.65. The largest absolute Gasteiger partial charge is 0.481 e. The van der Waals surface area contributed by atoms with Crippen molar-refractivity contribution >= 4 is 23.3 Å². The van der Waals surface area contributed by atoms with Crippen LogP contribution < -0.4 is 5.32 Å². The highest BCUT2D eigenvalue weighted by Gasteiger charge is 2.17. The Kier molecular flexibility index (Phi) is 5.35. The van der Waals surface area contributed by atoms with Crippen molar-refractivity contribution in [3.05, 3.63) is 21.4 Å². The summed E-state index contributed by atoms with van der Waals surface area (Å²) in [6, 6.07) is 1.80. The number of hydrogen-bond donors (Lipinski definition) is 2. The number of amides is 2. The molecule has 1 rings (SSSR count). The zero-order valence-corrected chi connectivity index (χ0v) is 12.5. The van der Waals surface area contributed by atoms with Gasteiger partial charge in [-0.2, -0.15) is 0 Å². The average molecular weight is 284 g/mol. The first-order valence-corrected chi connectivity index (χ1v) is 6.90. The molecule has 0 saturated carbocycles. The summed E-state index contributed by atoms with van der Waals surface area (Å²) in [5, 5.41) is 11.6. The fourth-order valence-electron chi connectivity index (χ4n) is 1.61. The standard InChI is InChI=1S/C13H20N2O3S/c1-8-5-11(19-10(8)3)6-14-13(18)15(4)7-9(2)12(16)17/h5,9H,6-7H2,1-4H3,(H,14,18)(H,16,17). The summed E-state index contributed by atoms with van der Waals surface area (Å²) in [5.74, 6) is -1.47. The van der Waals surface area contributed by atoms with Crippen molar-refractivity contribution < 1.29 is 14.7 Å². The second kappa shape index (κ2) is 6.56. The monoisotopic (exact) mass is 284 g/mol. The predicted octanol–water partition coefficient (Wildman–Crippen LogP) is 2.23. The van der Waals surface area contributed by atoms with Gasteiger partial charge in [0.25, 0.3) is 0 Å². The zero-order valence-electron chi connectivity index (χ0n) is 11.7. The Hall–Kier alpha value is -1.56. The molecule has 0 spiro atoms. The topological polar surface area (TPSA) is 69.6 Å². The molecule has 0 saturated heterocycles. The lowest BCUT2D eigenvalue weighted by atomic mass is 10.2. The first-order valence-electron chi connectivity index (χ1n) is 6.09. The number of thiophene rings is 1. The molecule has 1 aromatic rings. The van der Waals surface area contributed by atoms with Gasteiger partial charge in [-0.3, -0.25) is 4.79 Å². The number of nitrogens with one attached hydrogen (secondary N) is 1. The molecule has 0 fully saturated rings. The summed E-state index contributed by atoms with van der Waals surface area (Å²) in [5.41, 5.74) is 1.22. The van der Waals surface area contributed by atoms with Gasteiger partial charge in [-0.25, -0.2) is 4.79 Å². The maximum atomic E-state index is 11.8. The van der Waals surface area contributed by atoms with Gasteiger partial charge in [-0.15, -0.1) is 11.3 Å². The number of carbonyl (C=O) groups is 2. The SMILES string of the molecule is Cc1cc(CNC(=O)N(C)CC(C)C(=O)O)sc1C. The number of carboxylic acid groups (broad SMARTS) is 1. The van der Waals surface area contributed by atoms with Gasteiger partial charge in [-0.05, 0) is 25.5 Å². The van der Waals surface area contributed by atoms with Crippen molar-refractivity contribution in [3.63, 3.8) is 0 Å². The molecule has 106 valence electrons. The number of aryl methyl sites for hydroxylation is 2. The van der Waals surface area contributed by atoms with Crippen LogP contribution in [-0.2, 0) is 11.3 Å². The molecule has 0 aliphatic carbocycles. The highest BCUT2D eigenvalue weighted by Crippen LogP contribution is 2.20. The Morgan fingerprint density at radius 2 is 2.11 bits per heavy atom. The summed E-state index contributed by atoms with van der Waals surface area (Å²) in [7, 11) is 1.60. The van der Waals surface area contributed by atoms with Crippen LogP contribution in [0.25, 0.3) is 0 Å². The van der Waals surface area contributed by atoms with Gasteiger partial charge >= 0.3 is 12.0 Å². The minimum Gasteiger partial charge on any atom is -0.481 e. The minimum atomic E-state index is -0.899. The van der Waals surface area contributed by atoms with Gasteiger partial charge < -0.3 is 15.3 Å². The zero-order chi connectivity index (χ0) is 14.6. The number of carbonyl (C=O) groups excluding carboxylic acids is 1. The van der Waals surface area contributed by atoms with Gasteiger partial charge in [-0.1, -0.05) is 6.92 Å². The summed E-state index contributed by atoms with van der Waals surface area (Å²) in [6.07, 6.45) is 0. The van der Waals surface area contributed by atoms with Gasteiger partial charge in [0, 0.05) is 23.3 Å². The van der Waals surface area contributed by atoms with E-state index in [9.17, 15) is 9.59 Å². The van der Waals surface area contributed by atoms with Gasteiger partial charge in [0.05, 0.1) is 12.5 Å². The van der Waals surface area contributed by atoms with E-state index in [4.69, 9.17) is 5.11 Å². The van der Waals surface area contributed by atoms with E-state index >= 15 is 0 Å². The van der Waals surface area contributed by atoms with E-state index in [0.29, 0.717) is 6.54 Å². The molecule has 1 aromatic heterocycles. The number of carboxylic acids is 1. The quantitative estimate of drug-likeness (QED) is 0.871. The Balaban J connectivity index is 2.44. The van der Waals surface area contributed by atoms with Gasteiger partial charge in [0.15, 0.2) is 0 Å². The molecule has 0 bridgehead atoms. The second-order valence-electron chi connectivity index (χ2n) is 4.73. The van der Waals surface area contributed by atoms with Crippen molar-refractivity contribution in [1.29, 1.82) is 0 Å². The number of urea groups is 1. The van der Waals surface area contributed by atoms with Crippen molar-refractivity contribution in [3.8, 4) is 0 Å². The molecule has 1 heterocycles. The third-order valence-corrected chi connectivity index (χ3v) is 4.10. The third-order valence-electron chi connectivity index (χ3n) is 2.95. The number of nitrogens with zero attached hydrogens (tertiary/aromatic N) is 1. The molecule has 2 amide bonds. The maximum Gasteiger partial charge on any atom is 0.317 e. The maximum absolute atomic E-state index is 11.8. The molecule has 0 radical (unpaired) electrons. The van der Waals surface area contributed by atoms with Crippen LogP contribution in [-0.4, -0.2) is 35.6 Å². The third kappa shape index (κ3) is 4.55. The van der Waals surface area contributed by atoms with Gasteiger partial charge in [0.2, 0.25) is 0 Å². The lowest BCUT2D eigenvalue weighted by Crippen LogP contribution is -2.40. The fourth-order valence-corrected chi connectivity index (χ4v) is 2.60. The van der Waals surface area contributed by atoms with E-state index in [0.717, 1.165) is 4.88 Å². The van der Waals surface area contributed by atoms with E-state index in [1.54, 1.807) is 25.3 Å². The molecule has 0 aliphatic heterocycles. The summed E-state index contributed by atoms with van der Waals surface area (Å²) in [4.78, 5) is 26.3. The summed E-state index contributed by atoms with van der Waals surface area (Å²) >= 11 is 1.66. The molecule has 1 unspecified atom stereocenters. The fraction of sp³-hybridized carbons (Fsp3) is 0.538. The molecule has 2 N–H and O–H groups in total. The van der Waals surface area contributed by atoms with E-state index in [1.807, 2.05) is 13.8 Å². The van der Waals surface area contributed by atoms with Crippen molar-refractivity contribution in [1.82, 2.24) is 10.2 Å². The molecule has 0 aromatic carbocycles. The van der Waals surface area contributed by atoms with Crippen LogP contribution in [0.2, 0.25) is 0 Å². The minimum absolute atomic E-state index is 0.198. The molecular weight excluding hydrogens is 264 g/mol. The Morgan fingerprint density at radius 3 is 2.58 bits per heavy atom. The molecular formula is C13H20N2O3S. The van der Waals surface area contributed by atoms with Crippen LogP contribution in [0, 0.1) is 19.8 Å². The van der Waals surface area contributed by atoms with E-state index < -0.39 is 11.9 Å². The molecule has 5 nitrogen and oxygen atoms in total. The normalized spacial score (nSPS) is 12.0. The first-order chi connectivity index (χ1) is 8.81. The van der Waals surface area contributed by atoms with Crippen LogP contribution in [0.3, 0.4) is 0 Å². The summed E-state index contributed by atoms with van der Waals surface area (Å²) in [6.45, 7) is 6.34. The van der Waals surface area contributed by atoms with E-state index in [-0.39, 0.29) is 12.6 Å². The van der Waals surface area contributed by atoms with Crippen LogP contribution in [0.5, 0.6) is 0 Å². The van der Waals surface area contributed by atoms with Crippen LogP contribution in [0.1, 0.15) is 22.2 Å². The smallest absolute Gasteiger partial charge is 0.317 e. The number of hydrogen-bond acceptors (Lipinski definition) is 3. The van der Waals surface area contributed by atoms with E-state index in [1.165, 1.54) is 15.3 Å². The number of rotatable bonds is 5. The predicted molar refractivity (Wildman–Crippen MR) is 75.5 cm³/mol. The molecule has 19 heavy (non-hydrogen) atoms. The van der Waals surface area contributed by atoms with Crippen molar-refractivity contribution in [2.75, 3.05) is 13.6 Å². The van der Waals surface area contributed by atoms with Crippen molar-refractivity contribution in [2.45, 2.75) is 27.3 Å². The lowest BCUT2D eigenvalue weighted by molar-refractivity contribution is -0.141. The van der Waals surface area contributed by atoms with Crippen LogP contribution in [0.15, 0.2) is 6.07 Å². The van der Waals surface area contributed by atoms with Crippen LogP contribution >= 0.6 is 11.3 Å². The Bertz CT molecular complexity index is 451. The molecule has 1 atom stereocenters. The lowest BCUT2D eigenvalue weighted by Gasteiger charge is -2.19. The second-order valence-corrected chi connectivity index (χ2v) is 6.07. The first kappa shape index (κ1) is 15.5. The highest BCUT2D eigenvalue weighted by atomic mass is 32.1. The van der Waals surface area contributed by atoms with E-state index in [2.05, 4.69) is 11.4 Å². The molecule has 0 aliphatic rings.